The van der Waals surface area contributed by atoms with Crippen LogP contribution in [0.15, 0.2) is 11.6 Å². The van der Waals surface area contributed by atoms with Crippen molar-refractivity contribution in [2.45, 2.75) is 112 Å². The zero-order valence-corrected chi connectivity index (χ0v) is 21.1. The Balaban J connectivity index is 1.51. The molecule has 172 valence electrons. The zero-order chi connectivity index (χ0) is 21.8. The van der Waals surface area contributed by atoms with E-state index in [-0.39, 0.29) is 6.10 Å². The first-order valence-corrected chi connectivity index (χ1v) is 13.5. The first kappa shape index (κ1) is 22.9. The molecular formula is C29H50O. The fourth-order valence-corrected chi connectivity index (χ4v) is 9.09. The SMILES string of the molecule is CC(C)C(C)C(C)C[C@@H](C)[C@H]1CC[C@H]2C3=CC[C@H]4C[C@@H](O)CC[C@]4(C)[C@H]3CC[C@]12C. The van der Waals surface area contributed by atoms with Gasteiger partial charge in [0.1, 0.15) is 0 Å². The topological polar surface area (TPSA) is 20.2 Å². The molecule has 1 nitrogen and oxygen atoms in total. The molecule has 0 heterocycles. The second kappa shape index (κ2) is 8.24. The summed E-state index contributed by atoms with van der Waals surface area (Å²) in [6.07, 6.45) is 14.3. The Morgan fingerprint density at radius 3 is 2.30 bits per heavy atom. The molecule has 4 rings (SSSR count). The number of rotatable bonds is 5. The Morgan fingerprint density at radius 1 is 0.933 bits per heavy atom. The molecule has 0 amide bonds. The van der Waals surface area contributed by atoms with Crippen molar-refractivity contribution in [2.24, 2.45) is 58.2 Å². The second-order valence-electron chi connectivity index (χ2n) is 13.2. The molecule has 0 aromatic carbocycles. The minimum atomic E-state index is -0.0428. The van der Waals surface area contributed by atoms with Crippen LogP contribution in [-0.4, -0.2) is 11.2 Å². The third kappa shape index (κ3) is 3.64. The Kier molecular flexibility index (Phi) is 6.28. The van der Waals surface area contributed by atoms with E-state index in [1.165, 1.54) is 44.9 Å². The fourth-order valence-electron chi connectivity index (χ4n) is 9.09. The van der Waals surface area contributed by atoms with Crippen LogP contribution in [0.3, 0.4) is 0 Å². The molecule has 0 spiro atoms. The molecule has 30 heavy (non-hydrogen) atoms. The van der Waals surface area contributed by atoms with E-state index in [9.17, 15) is 5.11 Å². The number of aliphatic hydroxyl groups excluding tert-OH is 1. The molecule has 0 radical (unpaired) electrons. The molecule has 0 aromatic rings. The molecule has 1 heteroatoms. The van der Waals surface area contributed by atoms with Crippen LogP contribution in [0.2, 0.25) is 0 Å². The van der Waals surface area contributed by atoms with Crippen molar-refractivity contribution >= 4 is 0 Å². The van der Waals surface area contributed by atoms with Gasteiger partial charge in [-0.05, 0) is 116 Å². The lowest BCUT2D eigenvalue weighted by molar-refractivity contribution is -0.0432. The van der Waals surface area contributed by atoms with Gasteiger partial charge >= 0.3 is 0 Å². The van der Waals surface area contributed by atoms with E-state index in [0.717, 1.165) is 54.3 Å². The van der Waals surface area contributed by atoms with E-state index in [0.29, 0.717) is 16.7 Å². The van der Waals surface area contributed by atoms with Gasteiger partial charge in [0.25, 0.3) is 0 Å². The Morgan fingerprint density at radius 2 is 1.60 bits per heavy atom. The van der Waals surface area contributed by atoms with Crippen molar-refractivity contribution in [1.82, 2.24) is 0 Å². The lowest BCUT2D eigenvalue weighted by Gasteiger charge is -2.57. The van der Waals surface area contributed by atoms with Crippen molar-refractivity contribution in [3.8, 4) is 0 Å². The lowest BCUT2D eigenvalue weighted by Crippen LogP contribution is -2.50. The maximum absolute atomic E-state index is 10.3. The summed E-state index contributed by atoms with van der Waals surface area (Å²) in [5.74, 6) is 6.57. The summed E-state index contributed by atoms with van der Waals surface area (Å²) in [6, 6.07) is 0. The standard InChI is InChI=1S/C29H50O/c1-18(2)21(5)19(3)16-20(4)25-10-11-26-24-9-8-22-17-23(30)12-14-28(22,6)27(24)13-15-29(25,26)7/h9,18-23,25-27,30H,8,10-17H2,1-7H3/t19?,20-,21?,22+,23+,25-,26+,27+,28+,29-/m1/s1. The molecule has 4 aliphatic rings. The van der Waals surface area contributed by atoms with Gasteiger partial charge in [-0.15, -0.1) is 0 Å². The summed E-state index contributed by atoms with van der Waals surface area (Å²) in [4.78, 5) is 0. The van der Waals surface area contributed by atoms with Gasteiger partial charge in [0.05, 0.1) is 6.10 Å². The summed E-state index contributed by atoms with van der Waals surface area (Å²) in [5.41, 5.74) is 2.85. The second-order valence-corrected chi connectivity index (χ2v) is 13.2. The summed E-state index contributed by atoms with van der Waals surface area (Å²) in [7, 11) is 0. The molecule has 10 atom stereocenters. The molecule has 4 aliphatic carbocycles. The zero-order valence-electron chi connectivity index (χ0n) is 21.1. The summed E-state index contributed by atoms with van der Waals surface area (Å²) in [6.45, 7) is 17.6. The van der Waals surface area contributed by atoms with Crippen LogP contribution in [0.4, 0.5) is 0 Å². The molecule has 3 fully saturated rings. The number of hydrogen-bond donors (Lipinski definition) is 1. The quantitative estimate of drug-likeness (QED) is 0.454. The van der Waals surface area contributed by atoms with Crippen LogP contribution in [0.25, 0.3) is 0 Å². The normalized spacial score (nSPS) is 46.4. The smallest absolute Gasteiger partial charge is 0.0543 e. The van der Waals surface area contributed by atoms with E-state index >= 15 is 0 Å². The Hall–Kier alpha value is -0.300. The molecule has 0 aliphatic heterocycles. The predicted molar refractivity (Wildman–Crippen MR) is 128 cm³/mol. The van der Waals surface area contributed by atoms with E-state index in [1.54, 1.807) is 0 Å². The van der Waals surface area contributed by atoms with E-state index < -0.39 is 0 Å². The van der Waals surface area contributed by atoms with Crippen molar-refractivity contribution < 1.29 is 5.11 Å². The third-order valence-corrected chi connectivity index (χ3v) is 11.5. The highest BCUT2D eigenvalue weighted by molar-refractivity contribution is 5.27. The van der Waals surface area contributed by atoms with Crippen LogP contribution in [0.1, 0.15) is 106 Å². The number of aliphatic hydroxyl groups is 1. The van der Waals surface area contributed by atoms with E-state index in [2.05, 4.69) is 54.5 Å². The average molecular weight is 415 g/mol. The number of hydrogen-bond acceptors (Lipinski definition) is 1. The molecule has 0 saturated heterocycles. The van der Waals surface area contributed by atoms with Crippen LogP contribution < -0.4 is 0 Å². The van der Waals surface area contributed by atoms with Crippen LogP contribution >= 0.6 is 0 Å². The number of fused-ring (bicyclic) bond motifs is 5. The highest BCUT2D eigenvalue weighted by Crippen LogP contribution is 2.67. The van der Waals surface area contributed by atoms with Crippen LogP contribution in [0, 0.1) is 58.2 Å². The first-order valence-electron chi connectivity index (χ1n) is 13.5. The highest BCUT2D eigenvalue weighted by atomic mass is 16.3. The van der Waals surface area contributed by atoms with E-state index in [1.807, 2.05) is 5.57 Å². The van der Waals surface area contributed by atoms with Gasteiger partial charge in [0.2, 0.25) is 0 Å². The van der Waals surface area contributed by atoms with E-state index in [4.69, 9.17) is 0 Å². The lowest BCUT2D eigenvalue weighted by atomic mass is 9.47. The first-order chi connectivity index (χ1) is 14.1. The minimum Gasteiger partial charge on any atom is -0.393 e. The molecule has 0 aromatic heterocycles. The predicted octanol–water partition coefficient (Wildman–Crippen LogP) is 7.88. The van der Waals surface area contributed by atoms with Crippen molar-refractivity contribution in [2.75, 3.05) is 0 Å². The molecule has 3 saturated carbocycles. The highest BCUT2D eigenvalue weighted by Gasteiger charge is 2.58. The monoisotopic (exact) mass is 414 g/mol. The third-order valence-electron chi connectivity index (χ3n) is 11.5. The maximum Gasteiger partial charge on any atom is 0.0543 e. The maximum atomic E-state index is 10.3. The van der Waals surface area contributed by atoms with Gasteiger partial charge in [-0.25, -0.2) is 0 Å². The summed E-state index contributed by atoms with van der Waals surface area (Å²) < 4.78 is 0. The minimum absolute atomic E-state index is 0.0428. The number of allylic oxidation sites excluding steroid dienone is 2. The van der Waals surface area contributed by atoms with Gasteiger partial charge in [-0.1, -0.05) is 60.1 Å². The van der Waals surface area contributed by atoms with Crippen LogP contribution in [0.5, 0.6) is 0 Å². The summed E-state index contributed by atoms with van der Waals surface area (Å²) >= 11 is 0. The van der Waals surface area contributed by atoms with Gasteiger partial charge < -0.3 is 5.11 Å². The Labute approximate surface area is 187 Å². The van der Waals surface area contributed by atoms with Gasteiger partial charge in [0, 0.05) is 0 Å². The summed E-state index contributed by atoms with van der Waals surface area (Å²) in [5, 5.41) is 10.3. The van der Waals surface area contributed by atoms with Crippen molar-refractivity contribution in [3.63, 3.8) is 0 Å². The largest absolute Gasteiger partial charge is 0.393 e. The molecule has 1 N–H and O–H groups in total. The molecule has 2 unspecified atom stereocenters. The average Bonchev–Trinajstić information content (AvgIpc) is 3.05. The van der Waals surface area contributed by atoms with Crippen LogP contribution in [-0.2, 0) is 0 Å². The van der Waals surface area contributed by atoms with Crippen molar-refractivity contribution in [3.05, 3.63) is 11.6 Å². The van der Waals surface area contributed by atoms with Gasteiger partial charge in [0.15, 0.2) is 0 Å². The molecule has 0 bridgehead atoms. The molecular weight excluding hydrogens is 364 g/mol. The Bertz CT molecular complexity index is 649. The van der Waals surface area contributed by atoms with Gasteiger partial charge in [-0.3, -0.25) is 0 Å². The van der Waals surface area contributed by atoms with Gasteiger partial charge in [-0.2, -0.15) is 0 Å². The fraction of sp³-hybridized carbons (Fsp3) is 0.931. The van der Waals surface area contributed by atoms with Crippen molar-refractivity contribution in [1.29, 1.82) is 0 Å².